The van der Waals surface area contributed by atoms with Crippen LogP contribution in [0.25, 0.3) is 0 Å². The van der Waals surface area contributed by atoms with Gasteiger partial charge in [0.1, 0.15) is 6.04 Å². The molecular formula is C21H25N5O3S. The van der Waals surface area contributed by atoms with E-state index in [4.69, 9.17) is 4.74 Å². The molecule has 0 spiro atoms. The fraction of sp³-hybridized carbons (Fsp3) is 0.429. The van der Waals surface area contributed by atoms with Gasteiger partial charge in [-0.15, -0.1) is 5.10 Å². The van der Waals surface area contributed by atoms with Gasteiger partial charge in [0.2, 0.25) is 11.1 Å². The van der Waals surface area contributed by atoms with Crippen LogP contribution in [0.5, 0.6) is 0 Å². The first-order valence-electron chi connectivity index (χ1n) is 9.84. The lowest BCUT2D eigenvalue weighted by Crippen LogP contribution is -2.33. The second kappa shape index (κ2) is 8.14. The van der Waals surface area contributed by atoms with Crippen molar-refractivity contribution in [1.29, 1.82) is 0 Å². The number of carbonyl (C=O) groups excluding carboxylic acids is 2. The van der Waals surface area contributed by atoms with Crippen LogP contribution < -0.4 is 10.2 Å². The van der Waals surface area contributed by atoms with E-state index < -0.39 is 0 Å². The second-order valence-corrected chi connectivity index (χ2v) is 8.81. The fourth-order valence-electron chi connectivity index (χ4n) is 3.89. The highest BCUT2D eigenvalue weighted by Crippen LogP contribution is 2.42. The maximum atomic E-state index is 13.0. The van der Waals surface area contributed by atoms with Gasteiger partial charge in [-0.05, 0) is 30.0 Å². The third kappa shape index (κ3) is 3.81. The summed E-state index contributed by atoms with van der Waals surface area (Å²) < 4.78 is 6.46. The average molecular weight is 428 g/mol. The number of ether oxygens (including phenoxy) is 1. The van der Waals surface area contributed by atoms with E-state index in [-0.39, 0.29) is 29.5 Å². The van der Waals surface area contributed by atoms with Crippen LogP contribution in [-0.2, 0) is 14.3 Å². The van der Waals surface area contributed by atoms with Crippen molar-refractivity contribution in [3.8, 4) is 0 Å². The monoisotopic (exact) mass is 427 g/mol. The highest BCUT2D eigenvalue weighted by Gasteiger charge is 2.38. The smallest absolute Gasteiger partial charge is 0.316 e. The van der Waals surface area contributed by atoms with Gasteiger partial charge in [-0.3, -0.25) is 9.59 Å². The number of fused-ring (bicyclic) bond motifs is 1. The van der Waals surface area contributed by atoms with Gasteiger partial charge in [-0.2, -0.15) is 4.98 Å². The number of carbonyl (C=O) groups is 2. The molecule has 2 atom stereocenters. The zero-order valence-electron chi connectivity index (χ0n) is 17.5. The Bertz CT molecular complexity index is 1010. The number of Topliss-reactive ketones (excluding diaryl/α,β-unsaturated/α-hetero) is 1. The molecular weight excluding hydrogens is 402 g/mol. The molecule has 0 saturated heterocycles. The summed E-state index contributed by atoms with van der Waals surface area (Å²) >= 11 is 1.22. The summed E-state index contributed by atoms with van der Waals surface area (Å²) in [6.07, 6.45) is 1.33. The van der Waals surface area contributed by atoms with Gasteiger partial charge in [0.05, 0.1) is 12.9 Å². The van der Waals surface area contributed by atoms with Crippen LogP contribution in [-0.4, -0.2) is 53.5 Å². The molecule has 1 aliphatic heterocycles. The van der Waals surface area contributed by atoms with Gasteiger partial charge in [0, 0.05) is 37.5 Å². The number of thioether (sulfide) groups is 1. The molecule has 9 heteroatoms. The number of hydrogen-bond donors (Lipinski definition) is 1. The SMILES string of the molecule is COC(=O)CSc1nc2n(n1)[C@H](c1ccc(N(C)C)cc1)C1=C(C[C@H](C)CC1=O)N2. The zero-order chi connectivity index (χ0) is 21.4. The third-order valence-corrected chi connectivity index (χ3v) is 6.19. The van der Waals surface area contributed by atoms with E-state index >= 15 is 0 Å². The molecule has 1 aromatic heterocycles. The lowest BCUT2D eigenvalue weighted by molar-refractivity contribution is -0.137. The van der Waals surface area contributed by atoms with Gasteiger partial charge in [-0.1, -0.05) is 30.8 Å². The number of ketones is 1. The van der Waals surface area contributed by atoms with E-state index in [0.717, 1.165) is 28.9 Å². The minimum absolute atomic E-state index is 0.130. The van der Waals surface area contributed by atoms with E-state index in [1.54, 1.807) is 4.68 Å². The van der Waals surface area contributed by atoms with Gasteiger partial charge >= 0.3 is 5.97 Å². The zero-order valence-corrected chi connectivity index (χ0v) is 18.3. The minimum Gasteiger partial charge on any atom is -0.468 e. The Morgan fingerprint density at radius 1 is 1.30 bits per heavy atom. The first-order valence-corrected chi connectivity index (χ1v) is 10.8. The quantitative estimate of drug-likeness (QED) is 0.576. The Morgan fingerprint density at radius 3 is 2.70 bits per heavy atom. The van der Waals surface area contributed by atoms with Gasteiger partial charge in [0.25, 0.3) is 0 Å². The molecule has 0 bridgehead atoms. The maximum absolute atomic E-state index is 13.0. The Morgan fingerprint density at radius 2 is 2.03 bits per heavy atom. The largest absolute Gasteiger partial charge is 0.468 e. The summed E-state index contributed by atoms with van der Waals surface area (Å²) in [5, 5.41) is 8.41. The number of esters is 1. The molecule has 0 fully saturated rings. The number of anilines is 2. The van der Waals surface area contributed by atoms with Gasteiger partial charge in [0.15, 0.2) is 5.78 Å². The molecule has 30 heavy (non-hydrogen) atoms. The first-order chi connectivity index (χ1) is 14.4. The lowest BCUT2D eigenvalue weighted by Gasteiger charge is -2.34. The fourth-order valence-corrected chi connectivity index (χ4v) is 4.56. The van der Waals surface area contributed by atoms with Crippen molar-refractivity contribution in [2.75, 3.05) is 37.2 Å². The van der Waals surface area contributed by atoms with E-state index in [1.807, 2.05) is 43.3 Å². The summed E-state index contributed by atoms with van der Waals surface area (Å²) in [5.41, 5.74) is 3.74. The Kier molecular flexibility index (Phi) is 5.55. The molecule has 1 aliphatic carbocycles. The normalized spacial score (nSPS) is 20.3. The summed E-state index contributed by atoms with van der Waals surface area (Å²) in [4.78, 5) is 31.1. The number of nitrogens with zero attached hydrogens (tertiary/aromatic N) is 4. The molecule has 4 rings (SSSR count). The molecule has 158 valence electrons. The van der Waals surface area contributed by atoms with Crippen molar-refractivity contribution in [2.24, 2.45) is 5.92 Å². The Labute approximate surface area is 179 Å². The van der Waals surface area contributed by atoms with Crippen molar-refractivity contribution in [3.63, 3.8) is 0 Å². The standard InChI is InChI=1S/C21H25N5O3S/c1-12-9-15-18(16(27)10-12)19(13-5-7-14(8-6-13)25(2)3)26-20(22-15)23-21(24-26)30-11-17(28)29-4/h5-8,12,19H,9-11H2,1-4H3,(H,22,23,24)/t12-,19+/m0/s1. The molecule has 2 aliphatic rings. The molecule has 1 aromatic carbocycles. The van der Waals surface area contributed by atoms with Crippen LogP contribution in [0, 0.1) is 5.92 Å². The summed E-state index contributed by atoms with van der Waals surface area (Å²) in [6, 6.07) is 7.81. The Balaban J connectivity index is 1.75. The molecule has 2 heterocycles. The Hall–Kier alpha value is -2.81. The molecule has 1 N–H and O–H groups in total. The van der Waals surface area contributed by atoms with Crippen molar-refractivity contribution in [2.45, 2.75) is 31.0 Å². The number of hydrogen-bond acceptors (Lipinski definition) is 8. The molecule has 2 aromatic rings. The lowest BCUT2D eigenvalue weighted by atomic mass is 9.81. The van der Waals surface area contributed by atoms with E-state index in [9.17, 15) is 9.59 Å². The molecule has 0 amide bonds. The summed E-state index contributed by atoms with van der Waals surface area (Å²) in [6.45, 7) is 2.08. The maximum Gasteiger partial charge on any atom is 0.316 e. The van der Waals surface area contributed by atoms with Gasteiger partial charge in [-0.25, -0.2) is 4.68 Å². The average Bonchev–Trinajstić information content (AvgIpc) is 3.12. The number of aromatic nitrogens is 3. The third-order valence-electron chi connectivity index (χ3n) is 5.38. The van der Waals surface area contributed by atoms with Crippen LogP contribution in [0.1, 0.15) is 31.4 Å². The first kappa shape index (κ1) is 20.5. The minimum atomic E-state index is -0.340. The van der Waals surface area contributed by atoms with Gasteiger partial charge < -0.3 is 15.0 Å². The van der Waals surface area contributed by atoms with Crippen molar-refractivity contribution in [1.82, 2.24) is 14.8 Å². The summed E-state index contributed by atoms with van der Waals surface area (Å²) in [7, 11) is 5.34. The number of allylic oxidation sites excluding steroid dienone is 2. The van der Waals surface area contributed by atoms with Crippen LogP contribution in [0.2, 0.25) is 0 Å². The van der Waals surface area contributed by atoms with E-state index in [1.165, 1.54) is 18.9 Å². The van der Waals surface area contributed by atoms with Crippen LogP contribution in [0.4, 0.5) is 11.6 Å². The van der Waals surface area contributed by atoms with Crippen LogP contribution >= 0.6 is 11.8 Å². The molecule has 0 unspecified atom stereocenters. The number of nitrogens with one attached hydrogen (secondary N) is 1. The predicted octanol–water partition coefficient (Wildman–Crippen LogP) is 2.88. The number of rotatable bonds is 5. The van der Waals surface area contributed by atoms with E-state index in [2.05, 4.69) is 22.3 Å². The van der Waals surface area contributed by atoms with Crippen molar-refractivity contribution in [3.05, 3.63) is 41.1 Å². The second-order valence-electron chi connectivity index (χ2n) is 7.87. The number of methoxy groups -OCH3 is 1. The number of benzene rings is 1. The summed E-state index contributed by atoms with van der Waals surface area (Å²) in [5.74, 6) is 0.805. The van der Waals surface area contributed by atoms with Crippen molar-refractivity contribution >= 4 is 35.2 Å². The van der Waals surface area contributed by atoms with E-state index in [0.29, 0.717) is 17.5 Å². The molecule has 0 radical (unpaired) electrons. The topological polar surface area (TPSA) is 89.3 Å². The highest BCUT2D eigenvalue weighted by atomic mass is 32.2. The molecule has 8 nitrogen and oxygen atoms in total. The van der Waals surface area contributed by atoms with Crippen LogP contribution in [0.3, 0.4) is 0 Å². The predicted molar refractivity (Wildman–Crippen MR) is 116 cm³/mol. The van der Waals surface area contributed by atoms with Crippen molar-refractivity contribution < 1.29 is 14.3 Å². The highest BCUT2D eigenvalue weighted by molar-refractivity contribution is 7.99. The van der Waals surface area contributed by atoms with Crippen LogP contribution in [0.15, 0.2) is 40.7 Å². The molecule has 0 saturated carbocycles.